The third kappa shape index (κ3) is 9.23. The summed E-state index contributed by atoms with van der Waals surface area (Å²) in [6, 6.07) is 20.6. The molecule has 33 heavy (non-hydrogen) atoms. The van der Waals surface area contributed by atoms with Crippen molar-refractivity contribution in [3.63, 3.8) is 0 Å². The van der Waals surface area contributed by atoms with Crippen molar-refractivity contribution in [2.45, 2.75) is 101 Å². The van der Waals surface area contributed by atoms with Crippen LogP contribution in [0.25, 0.3) is 0 Å². The fourth-order valence-electron chi connectivity index (χ4n) is 4.78. The van der Waals surface area contributed by atoms with E-state index in [0.717, 1.165) is 70.6 Å². The normalized spacial score (nSPS) is 16.2. The van der Waals surface area contributed by atoms with E-state index >= 15 is 0 Å². The van der Waals surface area contributed by atoms with Gasteiger partial charge in [0.05, 0.1) is 19.3 Å². The molecular formula is C30H46O3. The molecule has 3 unspecified atom stereocenters. The molecule has 3 heteroatoms. The molecule has 2 aromatic carbocycles. The Morgan fingerprint density at radius 3 is 1.33 bits per heavy atom. The molecule has 0 bridgehead atoms. The van der Waals surface area contributed by atoms with Crippen LogP contribution in [-0.4, -0.2) is 34.6 Å². The van der Waals surface area contributed by atoms with Crippen LogP contribution in [0.4, 0.5) is 0 Å². The van der Waals surface area contributed by atoms with Gasteiger partial charge in [-0.25, -0.2) is 0 Å². The van der Waals surface area contributed by atoms with Crippen molar-refractivity contribution in [1.82, 2.24) is 0 Å². The lowest BCUT2D eigenvalue weighted by atomic mass is 9.78. The van der Waals surface area contributed by atoms with Gasteiger partial charge in [-0.05, 0) is 36.8 Å². The van der Waals surface area contributed by atoms with Crippen LogP contribution in [0.3, 0.4) is 0 Å². The van der Waals surface area contributed by atoms with Gasteiger partial charge in [0.15, 0.2) is 0 Å². The molecule has 0 aliphatic heterocycles. The summed E-state index contributed by atoms with van der Waals surface area (Å²) in [5.74, 6) is 0. The summed E-state index contributed by atoms with van der Waals surface area (Å²) >= 11 is 0. The van der Waals surface area contributed by atoms with E-state index in [1.54, 1.807) is 0 Å². The maximum absolute atomic E-state index is 10.3. The average Bonchev–Trinajstić information content (AvgIpc) is 2.86. The van der Waals surface area contributed by atoms with Crippen molar-refractivity contribution in [2.24, 2.45) is 0 Å². The molecule has 0 saturated heterocycles. The summed E-state index contributed by atoms with van der Waals surface area (Å²) in [5.41, 5.74) is 2.08. The molecule has 3 N–H and O–H groups in total. The Bertz CT molecular complexity index is 748. The minimum atomic E-state index is -0.199. The molecule has 3 nitrogen and oxygen atoms in total. The van der Waals surface area contributed by atoms with Crippen molar-refractivity contribution in [2.75, 3.05) is 13.2 Å². The van der Waals surface area contributed by atoms with Crippen LogP contribution >= 0.6 is 0 Å². The quantitative estimate of drug-likeness (QED) is 0.238. The first kappa shape index (κ1) is 27.6. The first-order chi connectivity index (χ1) is 15.9. The van der Waals surface area contributed by atoms with Crippen molar-refractivity contribution in [1.29, 1.82) is 0 Å². The second kappa shape index (κ2) is 14.6. The lowest BCUT2D eigenvalue weighted by Crippen LogP contribution is -2.26. The van der Waals surface area contributed by atoms with Gasteiger partial charge >= 0.3 is 0 Å². The lowest BCUT2D eigenvalue weighted by molar-refractivity contribution is 0.145. The van der Waals surface area contributed by atoms with E-state index in [1.165, 1.54) is 11.1 Å². The molecule has 0 radical (unpaired) electrons. The highest BCUT2D eigenvalue weighted by Crippen LogP contribution is 2.30. The van der Waals surface area contributed by atoms with Gasteiger partial charge in [0.2, 0.25) is 0 Å². The summed E-state index contributed by atoms with van der Waals surface area (Å²) < 4.78 is 0. The Hall–Kier alpha value is -1.68. The maximum Gasteiger partial charge on any atom is 0.0540 e. The molecule has 0 saturated carbocycles. The van der Waals surface area contributed by atoms with Gasteiger partial charge in [0, 0.05) is 10.8 Å². The van der Waals surface area contributed by atoms with E-state index in [-0.39, 0.29) is 30.1 Å². The van der Waals surface area contributed by atoms with E-state index in [4.69, 9.17) is 0 Å². The van der Waals surface area contributed by atoms with E-state index in [2.05, 4.69) is 38.1 Å². The van der Waals surface area contributed by atoms with Gasteiger partial charge < -0.3 is 15.3 Å². The van der Waals surface area contributed by atoms with Gasteiger partial charge in [0.25, 0.3) is 0 Å². The molecule has 0 aromatic heterocycles. The molecule has 2 aromatic rings. The minimum Gasteiger partial charge on any atom is -0.395 e. The Balaban J connectivity index is 1.54. The zero-order valence-corrected chi connectivity index (χ0v) is 20.9. The summed E-state index contributed by atoms with van der Waals surface area (Å²) in [6.07, 6.45) is 11.2. The molecule has 2 rings (SSSR count). The van der Waals surface area contributed by atoms with Crippen LogP contribution in [0, 0.1) is 0 Å². The highest BCUT2D eigenvalue weighted by molar-refractivity contribution is 5.25. The van der Waals surface area contributed by atoms with Gasteiger partial charge in [-0.15, -0.1) is 0 Å². The molecule has 184 valence electrons. The number of hydrogen-bond donors (Lipinski definition) is 3. The second-order valence-corrected chi connectivity index (χ2v) is 10.4. The molecule has 0 amide bonds. The third-order valence-electron chi connectivity index (χ3n) is 7.42. The summed E-state index contributed by atoms with van der Waals surface area (Å²) in [6.45, 7) is 4.64. The summed E-state index contributed by atoms with van der Waals surface area (Å²) in [5, 5.41) is 30.1. The van der Waals surface area contributed by atoms with Crippen LogP contribution in [0.15, 0.2) is 60.7 Å². The van der Waals surface area contributed by atoms with Crippen molar-refractivity contribution in [3.05, 3.63) is 71.8 Å². The Morgan fingerprint density at radius 2 is 0.939 bits per heavy atom. The standard InChI is InChI=1S/C30H46O3/c1-29(24-31,26-16-8-5-9-17-26)22-14-4-3-12-20-28(33)21-13-7-15-23-30(2,25-32)27-18-10-6-11-19-27/h5-6,8-11,16-19,28,31-33H,3-4,7,12-15,20-25H2,1-2H3. The van der Waals surface area contributed by atoms with E-state index in [9.17, 15) is 15.3 Å². The highest BCUT2D eigenvalue weighted by atomic mass is 16.3. The van der Waals surface area contributed by atoms with Crippen LogP contribution < -0.4 is 0 Å². The SMILES string of the molecule is CC(CO)(CCCCCCC(O)CCCCCC(C)(CO)c1ccccc1)c1ccccc1. The predicted molar refractivity (Wildman–Crippen MR) is 139 cm³/mol. The van der Waals surface area contributed by atoms with Crippen molar-refractivity contribution in [3.8, 4) is 0 Å². The topological polar surface area (TPSA) is 60.7 Å². The van der Waals surface area contributed by atoms with Crippen LogP contribution in [0.2, 0.25) is 0 Å². The summed E-state index contributed by atoms with van der Waals surface area (Å²) in [4.78, 5) is 0. The van der Waals surface area contributed by atoms with Crippen molar-refractivity contribution < 1.29 is 15.3 Å². The van der Waals surface area contributed by atoms with Crippen LogP contribution in [0.5, 0.6) is 0 Å². The van der Waals surface area contributed by atoms with Gasteiger partial charge in [-0.3, -0.25) is 0 Å². The fraction of sp³-hybridized carbons (Fsp3) is 0.600. The molecule has 3 atom stereocenters. The fourth-order valence-corrected chi connectivity index (χ4v) is 4.78. The smallest absolute Gasteiger partial charge is 0.0540 e. The Kier molecular flexibility index (Phi) is 12.2. The average molecular weight is 455 g/mol. The number of aliphatic hydroxyl groups is 3. The first-order valence-electron chi connectivity index (χ1n) is 12.9. The highest BCUT2D eigenvalue weighted by Gasteiger charge is 2.25. The minimum absolute atomic E-state index is 0.159. The lowest BCUT2D eigenvalue weighted by Gasteiger charge is -2.28. The predicted octanol–water partition coefficient (Wildman–Crippen LogP) is 6.54. The van der Waals surface area contributed by atoms with Crippen LogP contribution in [-0.2, 0) is 10.8 Å². The number of benzene rings is 2. The molecular weight excluding hydrogens is 408 g/mol. The maximum atomic E-state index is 10.3. The van der Waals surface area contributed by atoms with Crippen LogP contribution in [0.1, 0.15) is 95.6 Å². The monoisotopic (exact) mass is 454 g/mol. The number of hydrogen-bond acceptors (Lipinski definition) is 3. The number of unbranched alkanes of at least 4 members (excludes halogenated alkanes) is 5. The molecule has 0 heterocycles. The van der Waals surface area contributed by atoms with E-state index in [0.29, 0.717) is 0 Å². The molecule has 0 spiro atoms. The Morgan fingerprint density at radius 1 is 0.576 bits per heavy atom. The summed E-state index contributed by atoms with van der Waals surface area (Å²) in [7, 11) is 0. The molecule has 0 fully saturated rings. The van der Waals surface area contributed by atoms with Gasteiger partial charge in [-0.1, -0.05) is 119 Å². The second-order valence-electron chi connectivity index (χ2n) is 10.4. The third-order valence-corrected chi connectivity index (χ3v) is 7.42. The van der Waals surface area contributed by atoms with E-state index in [1.807, 2.05) is 36.4 Å². The first-order valence-corrected chi connectivity index (χ1v) is 12.9. The molecule has 0 aliphatic rings. The van der Waals surface area contributed by atoms with E-state index < -0.39 is 0 Å². The largest absolute Gasteiger partial charge is 0.395 e. The zero-order valence-electron chi connectivity index (χ0n) is 20.9. The molecule has 0 aliphatic carbocycles. The van der Waals surface area contributed by atoms with Gasteiger partial charge in [-0.2, -0.15) is 0 Å². The zero-order chi connectivity index (χ0) is 24.0. The number of rotatable bonds is 17. The van der Waals surface area contributed by atoms with Crippen molar-refractivity contribution >= 4 is 0 Å². The Labute approximate surface area is 201 Å². The number of aliphatic hydroxyl groups excluding tert-OH is 3. The van der Waals surface area contributed by atoms with Gasteiger partial charge in [0.1, 0.15) is 0 Å².